The minimum absolute atomic E-state index is 0.0642. The molecule has 0 fully saturated rings. The molecule has 0 heterocycles. The predicted octanol–water partition coefficient (Wildman–Crippen LogP) is 3.50. The number of hydrogen-bond acceptors (Lipinski definition) is 3. The molecule has 0 saturated heterocycles. The molecule has 0 atom stereocenters. The first kappa shape index (κ1) is 15.5. The van der Waals surface area contributed by atoms with Gasteiger partial charge in [0.05, 0.1) is 17.2 Å². The highest BCUT2D eigenvalue weighted by Gasteiger charge is 2.19. The minimum Gasteiger partial charge on any atom is -0.392 e. The molecule has 0 saturated carbocycles. The quantitative estimate of drug-likeness (QED) is 0.795. The molecule has 0 bridgehead atoms. The van der Waals surface area contributed by atoms with Gasteiger partial charge in [-0.2, -0.15) is 0 Å². The van der Waals surface area contributed by atoms with E-state index in [4.69, 9.17) is 0 Å². The number of benzene rings is 2. The fourth-order valence-electron chi connectivity index (χ4n) is 1.67. The normalized spacial score (nSPS) is 11.3. The van der Waals surface area contributed by atoms with Crippen LogP contribution in [-0.2, 0) is 16.6 Å². The maximum absolute atomic E-state index is 12.4. The van der Waals surface area contributed by atoms with Crippen LogP contribution in [-0.4, -0.2) is 13.5 Å². The van der Waals surface area contributed by atoms with E-state index in [9.17, 15) is 13.5 Å². The van der Waals surface area contributed by atoms with E-state index in [0.29, 0.717) is 15.7 Å². The third-order valence-corrected chi connectivity index (χ3v) is 5.26. The first-order chi connectivity index (χ1) is 9.44. The SMILES string of the molecule is O=S(=O)(Nc1cc(Br)ccc1Br)c1ccccc1CO. The molecule has 2 aromatic rings. The van der Waals surface area contributed by atoms with E-state index in [1.54, 1.807) is 36.4 Å². The van der Waals surface area contributed by atoms with E-state index >= 15 is 0 Å². The Hall–Kier alpha value is -0.890. The lowest BCUT2D eigenvalue weighted by Crippen LogP contribution is -2.15. The summed E-state index contributed by atoms with van der Waals surface area (Å²) < 4.78 is 28.7. The largest absolute Gasteiger partial charge is 0.392 e. The van der Waals surface area contributed by atoms with Gasteiger partial charge in [0.15, 0.2) is 0 Å². The van der Waals surface area contributed by atoms with Gasteiger partial charge in [0.25, 0.3) is 10.0 Å². The lowest BCUT2D eigenvalue weighted by atomic mass is 10.2. The first-order valence-electron chi connectivity index (χ1n) is 5.60. The molecule has 2 aromatic carbocycles. The van der Waals surface area contributed by atoms with Gasteiger partial charge in [0.2, 0.25) is 0 Å². The molecule has 106 valence electrons. The topological polar surface area (TPSA) is 66.4 Å². The summed E-state index contributed by atoms with van der Waals surface area (Å²) in [6.45, 7) is -0.337. The van der Waals surface area contributed by atoms with Gasteiger partial charge in [-0.3, -0.25) is 4.72 Å². The van der Waals surface area contributed by atoms with Crippen LogP contribution in [0, 0.1) is 0 Å². The third kappa shape index (κ3) is 3.41. The number of nitrogens with one attached hydrogen (secondary N) is 1. The Morgan fingerprint density at radius 1 is 1.10 bits per heavy atom. The number of sulfonamides is 1. The van der Waals surface area contributed by atoms with E-state index in [0.717, 1.165) is 4.47 Å². The Balaban J connectivity index is 2.43. The van der Waals surface area contributed by atoms with Gasteiger partial charge in [-0.1, -0.05) is 34.1 Å². The van der Waals surface area contributed by atoms with Gasteiger partial charge in [0, 0.05) is 8.95 Å². The Labute approximate surface area is 134 Å². The number of rotatable bonds is 4. The summed E-state index contributed by atoms with van der Waals surface area (Å²) in [5.74, 6) is 0. The maximum Gasteiger partial charge on any atom is 0.262 e. The van der Waals surface area contributed by atoms with Crippen LogP contribution in [0.1, 0.15) is 5.56 Å². The lowest BCUT2D eigenvalue weighted by molar-refractivity contribution is 0.278. The molecule has 0 radical (unpaired) electrons. The molecule has 0 aliphatic rings. The molecular formula is C13H11Br2NO3S. The van der Waals surface area contributed by atoms with Crippen LogP contribution in [0.5, 0.6) is 0 Å². The zero-order chi connectivity index (χ0) is 14.8. The zero-order valence-corrected chi connectivity index (χ0v) is 14.2. The van der Waals surface area contributed by atoms with Crippen molar-refractivity contribution in [1.29, 1.82) is 0 Å². The third-order valence-electron chi connectivity index (χ3n) is 2.61. The van der Waals surface area contributed by atoms with Gasteiger partial charge in [-0.15, -0.1) is 0 Å². The predicted molar refractivity (Wildman–Crippen MR) is 85.0 cm³/mol. The molecule has 2 rings (SSSR count). The lowest BCUT2D eigenvalue weighted by Gasteiger charge is -2.12. The van der Waals surface area contributed by atoms with E-state index in [2.05, 4.69) is 36.6 Å². The average molecular weight is 421 g/mol. The average Bonchev–Trinajstić information content (AvgIpc) is 2.42. The van der Waals surface area contributed by atoms with Crippen LogP contribution in [0.15, 0.2) is 56.3 Å². The fraction of sp³-hybridized carbons (Fsp3) is 0.0769. The van der Waals surface area contributed by atoms with Gasteiger partial charge in [0.1, 0.15) is 0 Å². The van der Waals surface area contributed by atoms with Gasteiger partial charge in [-0.05, 0) is 45.8 Å². The van der Waals surface area contributed by atoms with Crippen molar-refractivity contribution in [2.24, 2.45) is 0 Å². The highest BCUT2D eigenvalue weighted by molar-refractivity contribution is 9.11. The number of aliphatic hydroxyl groups excluding tert-OH is 1. The molecule has 0 aromatic heterocycles. The molecule has 0 amide bonds. The molecular weight excluding hydrogens is 410 g/mol. The van der Waals surface area contributed by atoms with Crippen LogP contribution in [0.4, 0.5) is 5.69 Å². The van der Waals surface area contributed by atoms with Crippen molar-refractivity contribution in [1.82, 2.24) is 0 Å². The molecule has 4 nitrogen and oxygen atoms in total. The number of aliphatic hydroxyl groups is 1. The molecule has 0 unspecified atom stereocenters. The molecule has 7 heteroatoms. The summed E-state index contributed by atoms with van der Waals surface area (Å²) in [7, 11) is -3.76. The smallest absolute Gasteiger partial charge is 0.262 e. The summed E-state index contributed by atoms with van der Waals surface area (Å²) in [5, 5.41) is 9.24. The van der Waals surface area contributed by atoms with Crippen molar-refractivity contribution in [2.75, 3.05) is 4.72 Å². The highest BCUT2D eigenvalue weighted by atomic mass is 79.9. The van der Waals surface area contributed by atoms with Crippen LogP contribution in [0.3, 0.4) is 0 Å². The van der Waals surface area contributed by atoms with Crippen LogP contribution < -0.4 is 4.72 Å². The summed E-state index contributed by atoms with van der Waals surface area (Å²) in [5.41, 5.74) is 0.776. The van der Waals surface area contributed by atoms with Crippen molar-refractivity contribution in [3.05, 3.63) is 57.0 Å². The number of anilines is 1. The summed E-state index contributed by atoms with van der Waals surface area (Å²) >= 11 is 6.59. The molecule has 20 heavy (non-hydrogen) atoms. The van der Waals surface area contributed by atoms with Crippen molar-refractivity contribution >= 4 is 47.6 Å². The molecule has 2 N–H and O–H groups in total. The maximum atomic E-state index is 12.4. The zero-order valence-electron chi connectivity index (χ0n) is 10.2. The van der Waals surface area contributed by atoms with E-state index in [1.807, 2.05) is 0 Å². The van der Waals surface area contributed by atoms with E-state index in [1.165, 1.54) is 6.07 Å². The highest BCUT2D eigenvalue weighted by Crippen LogP contribution is 2.29. The standard InChI is InChI=1S/C13H11Br2NO3S/c14-10-5-6-11(15)12(7-10)16-20(18,19)13-4-2-1-3-9(13)8-17/h1-7,16-17H,8H2. The summed E-state index contributed by atoms with van der Waals surface area (Å²) in [4.78, 5) is 0.0642. The second-order valence-corrected chi connectivity index (χ2v) is 7.42. The molecule has 0 aliphatic carbocycles. The van der Waals surface area contributed by atoms with Crippen molar-refractivity contribution in [3.63, 3.8) is 0 Å². The van der Waals surface area contributed by atoms with Crippen LogP contribution in [0.25, 0.3) is 0 Å². The van der Waals surface area contributed by atoms with Gasteiger partial charge < -0.3 is 5.11 Å². The Morgan fingerprint density at radius 2 is 1.80 bits per heavy atom. The van der Waals surface area contributed by atoms with Crippen molar-refractivity contribution in [2.45, 2.75) is 11.5 Å². The van der Waals surface area contributed by atoms with Gasteiger partial charge in [-0.25, -0.2) is 8.42 Å². The van der Waals surface area contributed by atoms with Crippen LogP contribution >= 0.6 is 31.9 Å². The van der Waals surface area contributed by atoms with E-state index in [-0.39, 0.29) is 11.5 Å². The Morgan fingerprint density at radius 3 is 2.50 bits per heavy atom. The number of halogens is 2. The monoisotopic (exact) mass is 419 g/mol. The first-order valence-corrected chi connectivity index (χ1v) is 8.67. The minimum atomic E-state index is -3.76. The fourth-order valence-corrected chi connectivity index (χ4v) is 3.81. The second-order valence-electron chi connectivity index (χ2n) is 4.00. The Bertz CT molecular complexity index is 732. The summed E-state index contributed by atoms with van der Waals surface area (Å²) in [6.07, 6.45) is 0. The molecule has 0 aliphatic heterocycles. The van der Waals surface area contributed by atoms with Gasteiger partial charge >= 0.3 is 0 Å². The molecule has 0 spiro atoms. The van der Waals surface area contributed by atoms with E-state index < -0.39 is 10.0 Å². The van der Waals surface area contributed by atoms with Crippen LogP contribution in [0.2, 0.25) is 0 Å². The second kappa shape index (κ2) is 6.26. The summed E-state index contributed by atoms with van der Waals surface area (Å²) in [6, 6.07) is 11.5. The van der Waals surface area contributed by atoms with Crippen molar-refractivity contribution < 1.29 is 13.5 Å². The Kier molecular flexibility index (Phi) is 4.85. The van der Waals surface area contributed by atoms with Crippen molar-refractivity contribution in [3.8, 4) is 0 Å². The number of hydrogen-bond donors (Lipinski definition) is 2.